The van der Waals surface area contributed by atoms with Crippen LogP contribution in [-0.2, 0) is 0 Å². The number of halogens is 6. The van der Waals surface area contributed by atoms with Crippen LogP contribution in [0.15, 0.2) is 103 Å². The molecule has 0 atom stereocenters. The first-order valence-electron chi connectivity index (χ1n) is 12.7. The van der Waals surface area contributed by atoms with Crippen molar-refractivity contribution in [1.29, 1.82) is 0 Å². The molecule has 0 unspecified atom stereocenters. The third-order valence-electron chi connectivity index (χ3n) is 5.98. The number of nitrogens with one attached hydrogen (secondary N) is 1. The van der Waals surface area contributed by atoms with E-state index in [2.05, 4.69) is 20.1 Å². The maximum Gasteiger partial charge on any atom is 0.499 e. The Morgan fingerprint density at radius 1 is 0.818 bits per heavy atom. The summed E-state index contributed by atoms with van der Waals surface area (Å²) in [6, 6.07) is 24.6. The van der Waals surface area contributed by atoms with Crippen LogP contribution < -0.4 is 19.5 Å². The molecule has 0 aliphatic rings. The van der Waals surface area contributed by atoms with Crippen molar-refractivity contribution in [3.05, 3.63) is 109 Å². The summed E-state index contributed by atoms with van der Waals surface area (Å²) in [7, 11) is 0. The minimum Gasteiger partial charge on any atom is -0.474 e. The molecule has 226 valence electrons. The molecule has 0 spiro atoms. The lowest BCUT2D eigenvalue weighted by molar-refractivity contribution is -0.360. The lowest BCUT2D eigenvalue weighted by Gasteiger charge is -2.20. The van der Waals surface area contributed by atoms with Crippen molar-refractivity contribution in [2.45, 2.75) is 12.3 Å². The first-order valence-corrected chi connectivity index (χ1v) is 13.2. The molecule has 0 fully saturated rings. The molecule has 5 aromatic rings. The summed E-state index contributed by atoms with van der Waals surface area (Å²) in [6.45, 7) is 0. The number of ether oxygens (including phenoxy) is 3. The molecular formula is C30H20ClF5N4O4. The number of rotatable bonds is 10. The van der Waals surface area contributed by atoms with Gasteiger partial charge in [-0.25, -0.2) is 9.67 Å². The number of carbonyl (C=O) groups excluding carboxylic acids is 1. The lowest BCUT2D eigenvalue weighted by Crippen LogP contribution is -2.41. The molecule has 0 saturated heterocycles. The molecule has 5 rings (SSSR count). The summed E-state index contributed by atoms with van der Waals surface area (Å²) in [5.41, 5.74) is 1.68. The maximum atomic E-state index is 13.1. The van der Waals surface area contributed by atoms with E-state index in [0.29, 0.717) is 40.0 Å². The van der Waals surface area contributed by atoms with Crippen LogP contribution in [0.3, 0.4) is 0 Å². The topological polar surface area (TPSA) is 87.5 Å². The van der Waals surface area contributed by atoms with Gasteiger partial charge in [0.25, 0.3) is 5.91 Å². The minimum atomic E-state index is -5.85. The Kier molecular flexibility index (Phi) is 8.67. The van der Waals surface area contributed by atoms with Gasteiger partial charge < -0.3 is 19.5 Å². The van der Waals surface area contributed by atoms with Crippen molar-refractivity contribution in [2.24, 2.45) is 0 Å². The van der Waals surface area contributed by atoms with E-state index in [0.717, 1.165) is 12.1 Å². The van der Waals surface area contributed by atoms with Gasteiger partial charge in [0, 0.05) is 11.3 Å². The van der Waals surface area contributed by atoms with Crippen LogP contribution in [0.4, 0.5) is 27.6 Å². The first-order chi connectivity index (χ1) is 21.0. The number of nitrogens with zero attached hydrogens (tertiary/aromatic N) is 3. The van der Waals surface area contributed by atoms with E-state index in [1.807, 2.05) is 0 Å². The number of carbonyl (C=O) groups is 1. The van der Waals surface area contributed by atoms with Gasteiger partial charge >= 0.3 is 12.3 Å². The second kappa shape index (κ2) is 12.6. The number of anilines is 1. The minimum absolute atomic E-state index is 0.0745. The molecule has 1 amide bonds. The number of hydrogen-bond acceptors (Lipinski definition) is 6. The van der Waals surface area contributed by atoms with E-state index in [4.69, 9.17) is 21.1 Å². The molecule has 1 aromatic heterocycles. The number of hydrogen-bond donors (Lipinski definition) is 1. The highest BCUT2D eigenvalue weighted by molar-refractivity contribution is 6.17. The van der Waals surface area contributed by atoms with Crippen molar-refractivity contribution >= 4 is 23.2 Å². The predicted octanol–water partition coefficient (Wildman–Crippen LogP) is 8.09. The summed E-state index contributed by atoms with van der Waals surface area (Å²) in [4.78, 5) is 17.3. The van der Waals surface area contributed by atoms with Crippen LogP contribution in [0.2, 0.25) is 0 Å². The van der Waals surface area contributed by atoms with Crippen molar-refractivity contribution < 1.29 is 41.0 Å². The van der Waals surface area contributed by atoms with Gasteiger partial charge in [0.1, 0.15) is 17.8 Å². The third-order valence-corrected chi connectivity index (χ3v) is 6.09. The maximum absolute atomic E-state index is 13.1. The fourth-order valence-electron chi connectivity index (χ4n) is 3.87. The highest BCUT2D eigenvalue weighted by atomic mass is 35.5. The van der Waals surface area contributed by atoms with Gasteiger partial charge in [0.15, 0.2) is 23.4 Å². The van der Waals surface area contributed by atoms with Gasteiger partial charge in [-0.15, -0.1) is 5.10 Å². The first kappa shape index (κ1) is 30.3. The second-order valence-electron chi connectivity index (χ2n) is 8.95. The van der Waals surface area contributed by atoms with E-state index in [-0.39, 0.29) is 11.6 Å². The van der Waals surface area contributed by atoms with Crippen molar-refractivity contribution in [3.8, 4) is 40.1 Å². The molecule has 0 saturated carbocycles. The Balaban J connectivity index is 1.25. The monoisotopic (exact) mass is 630 g/mol. The van der Waals surface area contributed by atoms with Gasteiger partial charge in [0.05, 0.1) is 11.3 Å². The molecule has 0 radical (unpaired) electrons. The average molecular weight is 631 g/mol. The van der Waals surface area contributed by atoms with E-state index in [1.165, 1.54) is 23.1 Å². The smallest absolute Gasteiger partial charge is 0.474 e. The zero-order valence-corrected chi connectivity index (χ0v) is 23.0. The molecule has 14 heteroatoms. The molecule has 1 N–H and O–H groups in total. The van der Waals surface area contributed by atoms with Crippen LogP contribution in [0.5, 0.6) is 23.0 Å². The number of amides is 1. The van der Waals surface area contributed by atoms with Crippen LogP contribution in [0, 0.1) is 0 Å². The highest BCUT2D eigenvalue weighted by Gasteiger charge is 2.61. The summed E-state index contributed by atoms with van der Waals surface area (Å²) >= 11 is 5.69. The van der Waals surface area contributed by atoms with Gasteiger partial charge in [0.2, 0.25) is 0 Å². The highest BCUT2D eigenvalue weighted by Crippen LogP contribution is 2.37. The zero-order chi connectivity index (χ0) is 31.3. The SMILES string of the molecule is O=C(Nc1ccc(-c2ncn(-c3ccc(OC(F)(F)C(F)(F)F)cc3)n2)cc1)c1ccccc1Oc1ccccc1OCCl. The second-order valence-corrected chi connectivity index (χ2v) is 9.17. The number of benzene rings is 4. The van der Waals surface area contributed by atoms with E-state index < -0.39 is 23.9 Å². The Labute approximate surface area is 251 Å². The summed E-state index contributed by atoms with van der Waals surface area (Å²) in [5.74, 6) is 0.303. The zero-order valence-electron chi connectivity index (χ0n) is 22.3. The van der Waals surface area contributed by atoms with Crippen LogP contribution >= 0.6 is 11.6 Å². The lowest BCUT2D eigenvalue weighted by atomic mass is 10.1. The van der Waals surface area contributed by atoms with Crippen LogP contribution in [-0.4, -0.2) is 39.0 Å². The molecule has 44 heavy (non-hydrogen) atoms. The van der Waals surface area contributed by atoms with Crippen molar-refractivity contribution in [2.75, 3.05) is 11.4 Å². The predicted molar refractivity (Wildman–Crippen MR) is 151 cm³/mol. The standard InChI is InChI=1S/C30H20ClF5N4O4/c31-17-42-25-7-3-4-8-26(25)43-24-6-2-1-5-23(24)28(41)38-20-11-9-19(10-12-20)27-37-18-40(39-27)21-13-15-22(16-14-21)44-30(35,36)29(32,33)34/h1-16,18H,17H2,(H,38,41). The summed E-state index contributed by atoms with van der Waals surface area (Å²) in [5, 5.41) is 7.13. The van der Waals surface area contributed by atoms with E-state index in [1.54, 1.807) is 72.8 Å². The fraction of sp³-hybridized carbons (Fsp3) is 0.100. The molecule has 4 aromatic carbocycles. The average Bonchev–Trinajstić information content (AvgIpc) is 3.49. The van der Waals surface area contributed by atoms with Crippen molar-refractivity contribution in [3.63, 3.8) is 0 Å². The largest absolute Gasteiger partial charge is 0.499 e. The van der Waals surface area contributed by atoms with Gasteiger partial charge in [-0.1, -0.05) is 35.9 Å². The Bertz CT molecular complexity index is 1750. The van der Waals surface area contributed by atoms with Crippen molar-refractivity contribution in [1.82, 2.24) is 14.8 Å². The summed E-state index contributed by atoms with van der Waals surface area (Å²) in [6.07, 6.45) is -9.83. The Hall–Kier alpha value is -5.17. The van der Waals surface area contributed by atoms with Gasteiger partial charge in [-0.05, 0) is 72.8 Å². The molecule has 0 aliphatic heterocycles. The Morgan fingerprint density at radius 2 is 1.45 bits per heavy atom. The molecule has 0 aliphatic carbocycles. The summed E-state index contributed by atoms with van der Waals surface area (Å²) < 4.78 is 79.9. The normalized spacial score (nSPS) is 11.6. The van der Waals surface area contributed by atoms with Gasteiger partial charge in [-0.3, -0.25) is 4.79 Å². The van der Waals surface area contributed by atoms with Crippen LogP contribution in [0.1, 0.15) is 10.4 Å². The Morgan fingerprint density at radius 3 is 2.11 bits per heavy atom. The molecule has 0 bridgehead atoms. The third kappa shape index (κ3) is 6.89. The number of alkyl halides is 6. The van der Waals surface area contributed by atoms with Gasteiger partial charge in [-0.2, -0.15) is 22.0 Å². The van der Waals surface area contributed by atoms with Crippen LogP contribution in [0.25, 0.3) is 17.1 Å². The number of para-hydroxylation sites is 3. The quantitative estimate of drug-likeness (QED) is 0.124. The van der Waals surface area contributed by atoms with E-state index in [9.17, 15) is 26.7 Å². The van der Waals surface area contributed by atoms with E-state index >= 15 is 0 Å². The molecule has 8 nitrogen and oxygen atoms in total. The molecular weight excluding hydrogens is 611 g/mol. The number of aromatic nitrogens is 3. The molecule has 1 heterocycles. The fourth-order valence-corrected chi connectivity index (χ4v) is 3.99.